The van der Waals surface area contributed by atoms with Gasteiger partial charge in [-0.25, -0.2) is 9.97 Å². The lowest BCUT2D eigenvalue weighted by Crippen LogP contribution is -2.71. The van der Waals surface area contributed by atoms with Gasteiger partial charge in [-0.2, -0.15) is 9.97 Å². The van der Waals surface area contributed by atoms with E-state index in [9.17, 15) is 4.79 Å². The maximum Gasteiger partial charge on any atom is 0.272 e. The summed E-state index contributed by atoms with van der Waals surface area (Å²) in [6, 6.07) is 4.70. The second-order valence-corrected chi connectivity index (χ2v) is 11.7. The minimum absolute atomic E-state index is 0.00695. The highest BCUT2D eigenvalue weighted by Crippen LogP contribution is 2.36. The Morgan fingerprint density at radius 2 is 1.82 bits per heavy atom. The Labute approximate surface area is 222 Å². The number of nitrogens with zero attached hydrogens (tertiary/aromatic N) is 6. The summed E-state index contributed by atoms with van der Waals surface area (Å²) in [5.74, 6) is 1.24. The van der Waals surface area contributed by atoms with Crippen LogP contribution in [0.5, 0.6) is 0 Å². The minimum atomic E-state index is -0.00695. The molecule has 7 rings (SSSR count). The highest BCUT2D eigenvalue weighted by atomic mass is 16.2. The number of aromatic nitrogens is 5. The number of pyridine rings is 1. The first-order chi connectivity index (χ1) is 18.6. The van der Waals surface area contributed by atoms with Crippen molar-refractivity contribution < 1.29 is 4.79 Å². The van der Waals surface area contributed by atoms with Crippen LogP contribution in [0.3, 0.4) is 0 Å². The van der Waals surface area contributed by atoms with Crippen molar-refractivity contribution in [2.75, 3.05) is 36.8 Å². The normalized spacial score (nSPS) is 24.8. The van der Waals surface area contributed by atoms with Crippen LogP contribution in [0.15, 0.2) is 24.7 Å². The van der Waals surface area contributed by atoms with Gasteiger partial charge in [0.15, 0.2) is 17.0 Å². The lowest BCUT2D eigenvalue weighted by Gasteiger charge is -2.55. The second-order valence-electron chi connectivity index (χ2n) is 11.7. The molecule has 11 heteroatoms. The number of amides is 1. The zero-order valence-corrected chi connectivity index (χ0v) is 21.7. The van der Waals surface area contributed by atoms with Crippen LogP contribution in [0.2, 0.25) is 0 Å². The van der Waals surface area contributed by atoms with Crippen molar-refractivity contribution in [2.24, 2.45) is 11.1 Å². The second kappa shape index (κ2) is 9.46. The number of nitrogens with one attached hydrogen (secondary N) is 3. The number of imidazole rings is 1. The molecule has 0 radical (unpaired) electrons. The van der Waals surface area contributed by atoms with Crippen molar-refractivity contribution in [1.82, 2.24) is 34.7 Å². The van der Waals surface area contributed by atoms with Crippen molar-refractivity contribution in [3.63, 3.8) is 0 Å². The third-order valence-corrected chi connectivity index (χ3v) is 8.83. The molecular formula is C27H36N10O. The summed E-state index contributed by atoms with van der Waals surface area (Å²) in [6.45, 7) is 3.63. The first-order valence-electron chi connectivity index (χ1n) is 14.1. The Morgan fingerprint density at radius 3 is 2.50 bits per heavy atom. The lowest BCUT2D eigenvalue weighted by molar-refractivity contribution is -0.0251. The summed E-state index contributed by atoms with van der Waals surface area (Å²) in [6.07, 6.45) is 12.4. The SMILES string of the molecule is NC1CCC(Nc2nc(Nc3ccc(C(=O)N4CC5(CNC5)C4)nc3)c3ncn(C4CCCC4)c3n2)CC1. The molecule has 0 aromatic carbocycles. The number of fused-ring (bicyclic) bond motifs is 1. The average Bonchev–Trinajstić information content (AvgIpc) is 3.54. The predicted molar refractivity (Wildman–Crippen MR) is 145 cm³/mol. The molecule has 0 unspecified atom stereocenters. The summed E-state index contributed by atoms with van der Waals surface area (Å²) >= 11 is 0. The molecule has 3 aromatic rings. The van der Waals surface area contributed by atoms with Crippen molar-refractivity contribution in [3.8, 4) is 0 Å². The van der Waals surface area contributed by atoms with E-state index in [1.807, 2.05) is 17.3 Å². The summed E-state index contributed by atoms with van der Waals surface area (Å²) < 4.78 is 2.22. The molecule has 3 aromatic heterocycles. The monoisotopic (exact) mass is 516 g/mol. The average molecular weight is 517 g/mol. The Hall–Kier alpha value is -3.31. The fourth-order valence-corrected chi connectivity index (χ4v) is 6.47. The molecule has 2 aliphatic heterocycles. The molecule has 4 fully saturated rings. The number of carbonyl (C=O) groups excluding carboxylic acids is 1. The number of nitrogens with two attached hydrogens (primary N) is 1. The van der Waals surface area contributed by atoms with Crippen LogP contribution in [-0.4, -0.2) is 73.6 Å². The van der Waals surface area contributed by atoms with Crippen molar-refractivity contribution >= 4 is 34.5 Å². The fourth-order valence-electron chi connectivity index (χ4n) is 6.47. The van der Waals surface area contributed by atoms with E-state index in [1.165, 1.54) is 12.8 Å². The molecular weight excluding hydrogens is 480 g/mol. The van der Waals surface area contributed by atoms with E-state index in [1.54, 1.807) is 12.3 Å². The molecule has 5 N–H and O–H groups in total. The van der Waals surface area contributed by atoms with Gasteiger partial charge in [0.2, 0.25) is 5.95 Å². The van der Waals surface area contributed by atoms with Crippen LogP contribution in [0.25, 0.3) is 11.2 Å². The molecule has 0 bridgehead atoms. The standard InChI is InChI=1S/C27H36N10O/c28-17-5-7-18(8-6-17)33-26-34-23(22-24(35-26)37(16-31-22)20-3-1-2-4-20)32-19-9-10-21(30-11-19)25(38)36-14-27(15-36)12-29-13-27/h9-11,16-18,20,29H,1-8,12-15,28H2,(H2,32,33,34,35). The molecule has 38 heavy (non-hydrogen) atoms. The number of hydrogen-bond acceptors (Lipinski definition) is 9. The van der Waals surface area contributed by atoms with E-state index >= 15 is 0 Å². The highest BCUT2D eigenvalue weighted by molar-refractivity contribution is 5.93. The Bertz CT molecular complexity index is 1310. The molecule has 4 aliphatic rings. The Morgan fingerprint density at radius 1 is 1.03 bits per heavy atom. The van der Waals surface area contributed by atoms with Crippen molar-refractivity contribution in [2.45, 2.75) is 69.5 Å². The van der Waals surface area contributed by atoms with Gasteiger partial charge in [0.05, 0.1) is 18.2 Å². The fraction of sp³-hybridized carbons (Fsp3) is 0.593. The van der Waals surface area contributed by atoms with Crippen molar-refractivity contribution in [1.29, 1.82) is 0 Å². The Kier molecular flexibility index (Phi) is 5.92. The molecule has 1 spiro atoms. The van der Waals surface area contributed by atoms with Gasteiger partial charge >= 0.3 is 0 Å². The van der Waals surface area contributed by atoms with Crippen LogP contribution in [0.4, 0.5) is 17.5 Å². The zero-order valence-electron chi connectivity index (χ0n) is 21.7. The molecule has 1 amide bonds. The van der Waals surface area contributed by atoms with Crippen LogP contribution in [0, 0.1) is 5.41 Å². The smallest absolute Gasteiger partial charge is 0.272 e. The van der Waals surface area contributed by atoms with Crippen LogP contribution < -0.4 is 21.7 Å². The number of anilines is 3. The maximum absolute atomic E-state index is 12.9. The largest absolute Gasteiger partial charge is 0.351 e. The van der Waals surface area contributed by atoms with Gasteiger partial charge in [-0.15, -0.1) is 0 Å². The summed E-state index contributed by atoms with van der Waals surface area (Å²) in [7, 11) is 0. The summed E-state index contributed by atoms with van der Waals surface area (Å²) in [5.41, 5.74) is 9.23. The first kappa shape index (κ1) is 23.8. The maximum atomic E-state index is 12.9. The van der Waals surface area contributed by atoms with Gasteiger partial charge in [-0.05, 0) is 50.7 Å². The molecule has 2 aliphatic carbocycles. The van der Waals surface area contributed by atoms with Crippen LogP contribution in [0.1, 0.15) is 67.9 Å². The lowest BCUT2D eigenvalue weighted by atomic mass is 9.74. The molecule has 0 atom stereocenters. The zero-order chi connectivity index (χ0) is 25.7. The molecule has 2 saturated carbocycles. The van der Waals surface area contributed by atoms with Crippen LogP contribution in [-0.2, 0) is 0 Å². The highest BCUT2D eigenvalue weighted by Gasteiger charge is 2.49. The summed E-state index contributed by atoms with van der Waals surface area (Å²) in [4.78, 5) is 33.7. The third kappa shape index (κ3) is 4.37. The molecule has 2 saturated heterocycles. The number of carbonyl (C=O) groups is 1. The van der Waals surface area contributed by atoms with Crippen LogP contribution >= 0.6 is 0 Å². The summed E-state index contributed by atoms with van der Waals surface area (Å²) in [5, 5.41) is 10.3. The predicted octanol–water partition coefficient (Wildman–Crippen LogP) is 2.81. The van der Waals surface area contributed by atoms with Gasteiger partial charge in [-0.1, -0.05) is 12.8 Å². The van der Waals surface area contributed by atoms with E-state index in [2.05, 4.69) is 25.5 Å². The number of hydrogen-bond donors (Lipinski definition) is 4. The third-order valence-electron chi connectivity index (χ3n) is 8.83. The van der Waals surface area contributed by atoms with Gasteiger partial charge in [0.1, 0.15) is 5.69 Å². The van der Waals surface area contributed by atoms with Gasteiger partial charge in [0, 0.05) is 49.7 Å². The Balaban J connectivity index is 1.13. The molecule has 11 nitrogen and oxygen atoms in total. The molecule has 5 heterocycles. The van der Waals surface area contributed by atoms with Gasteiger partial charge < -0.3 is 31.2 Å². The molecule has 200 valence electrons. The topological polar surface area (TPSA) is 139 Å². The van der Waals surface area contributed by atoms with E-state index in [0.29, 0.717) is 35.0 Å². The van der Waals surface area contributed by atoms with Crippen molar-refractivity contribution in [3.05, 3.63) is 30.4 Å². The number of rotatable bonds is 6. The van der Waals surface area contributed by atoms with E-state index in [0.717, 1.165) is 81.6 Å². The first-order valence-corrected chi connectivity index (χ1v) is 14.1. The minimum Gasteiger partial charge on any atom is -0.351 e. The van der Waals surface area contributed by atoms with Gasteiger partial charge in [-0.3, -0.25) is 4.79 Å². The van der Waals surface area contributed by atoms with Gasteiger partial charge in [0.25, 0.3) is 5.91 Å². The van der Waals surface area contributed by atoms with E-state index in [-0.39, 0.29) is 11.9 Å². The van der Waals surface area contributed by atoms with E-state index in [4.69, 9.17) is 20.7 Å². The number of likely N-dealkylation sites (tertiary alicyclic amines) is 1. The quantitative estimate of drug-likeness (QED) is 0.389. The van der Waals surface area contributed by atoms with E-state index < -0.39 is 0 Å².